The van der Waals surface area contributed by atoms with E-state index in [-0.39, 0.29) is 4.90 Å². The number of amides is 1. The number of carbonyl (C=O) groups excluding carboxylic acids is 1. The lowest BCUT2D eigenvalue weighted by Crippen LogP contribution is -2.40. The molecule has 7 nitrogen and oxygen atoms in total. The standard InChI is InChI=1S/C29H28BrClN4O3S/c1-19-5-13-27(14-6-19)39(37,38)34(28-16-25(31)10-7-20(28)2)18-29(36)33-32-17-23-15-21(3)35(22(23)4)26-11-8-24(30)9-12-26/h5-17H,18H2,1-4H3,(H,33,36)/b32-17-. The van der Waals surface area contributed by atoms with Crippen molar-refractivity contribution in [3.8, 4) is 5.69 Å². The molecule has 1 heterocycles. The monoisotopic (exact) mass is 626 g/mol. The number of carbonyl (C=O) groups is 1. The zero-order chi connectivity index (χ0) is 28.3. The maximum Gasteiger partial charge on any atom is 0.264 e. The smallest absolute Gasteiger partial charge is 0.264 e. The minimum absolute atomic E-state index is 0.0733. The predicted octanol–water partition coefficient (Wildman–Crippen LogP) is 6.47. The zero-order valence-electron chi connectivity index (χ0n) is 21.9. The molecular formula is C29H28BrClN4O3S. The van der Waals surface area contributed by atoms with Crippen molar-refractivity contribution in [1.29, 1.82) is 0 Å². The lowest BCUT2D eigenvalue weighted by Gasteiger charge is -2.25. The largest absolute Gasteiger partial charge is 0.318 e. The Bertz CT molecular complexity index is 1650. The number of halogens is 2. The fourth-order valence-corrected chi connectivity index (χ4v) is 6.14. The third-order valence-corrected chi connectivity index (χ3v) is 8.82. The van der Waals surface area contributed by atoms with Gasteiger partial charge in [0.1, 0.15) is 6.54 Å². The van der Waals surface area contributed by atoms with Gasteiger partial charge in [-0.2, -0.15) is 5.10 Å². The number of benzene rings is 3. The minimum atomic E-state index is -4.07. The number of aromatic nitrogens is 1. The summed E-state index contributed by atoms with van der Waals surface area (Å²) >= 11 is 9.65. The maximum absolute atomic E-state index is 13.6. The van der Waals surface area contributed by atoms with Crippen LogP contribution in [0.2, 0.25) is 5.02 Å². The van der Waals surface area contributed by atoms with Crippen LogP contribution in [-0.2, 0) is 14.8 Å². The molecule has 0 unspecified atom stereocenters. The van der Waals surface area contributed by atoms with Gasteiger partial charge in [0.25, 0.3) is 15.9 Å². The average Bonchev–Trinajstić information content (AvgIpc) is 3.17. The van der Waals surface area contributed by atoms with Crippen LogP contribution >= 0.6 is 27.5 Å². The lowest BCUT2D eigenvalue weighted by atomic mass is 10.2. The van der Waals surface area contributed by atoms with E-state index in [9.17, 15) is 13.2 Å². The van der Waals surface area contributed by atoms with Crippen LogP contribution in [-0.4, -0.2) is 31.7 Å². The van der Waals surface area contributed by atoms with Crippen LogP contribution in [0.3, 0.4) is 0 Å². The first-order valence-corrected chi connectivity index (χ1v) is 14.7. The number of nitrogens with zero attached hydrogens (tertiary/aromatic N) is 3. The van der Waals surface area contributed by atoms with Crippen molar-refractivity contribution in [2.75, 3.05) is 10.8 Å². The molecule has 202 valence electrons. The van der Waals surface area contributed by atoms with Gasteiger partial charge in [0.05, 0.1) is 16.8 Å². The van der Waals surface area contributed by atoms with Crippen LogP contribution in [0, 0.1) is 27.7 Å². The molecule has 39 heavy (non-hydrogen) atoms. The van der Waals surface area contributed by atoms with Gasteiger partial charge in [0, 0.05) is 32.1 Å². The van der Waals surface area contributed by atoms with E-state index >= 15 is 0 Å². The molecule has 1 N–H and O–H groups in total. The summed E-state index contributed by atoms with van der Waals surface area (Å²) in [6, 6.07) is 21.3. The highest BCUT2D eigenvalue weighted by Crippen LogP contribution is 2.29. The van der Waals surface area contributed by atoms with Crippen LogP contribution in [0.25, 0.3) is 5.69 Å². The summed E-state index contributed by atoms with van der Waals surface area (Å²) in [5.74, 6) is -0.594. The van der Waals surface area contributed by atoms with Gasteiger partial charge in [-0.15, -0.1) is 0 Å². The Morgan fingerprint density at radius 2 is 1.67 bits per heavy atom. The van der Waals surface area contributed by atoms with E-state index in [0.717, 1.165) is 37.0 Å². The molecule has 0 aliphatic heterocycles. The van der Waals surface area contributed by atoms with Crippen LogP contribution in [0.15, 0.2) is 87.3 Å². The van der Waals surface area contributed by atoms with Crippen molar-refractivity contribution in [1.82, 2.24) is 9.99 Å². The molecule has 0 atom stereocenters. The maximum atomic E-state index is 13.6. The molecule has 10 heteroatoms. The number of nitrogens with one attached hydrogen (secondary N) is 1. The van der Waals surface area contributed by atoms with Crippen molar-refractivity contribution < 1.29 is 13.2 Å². The van der Waals surface area contributed by atoms with Crippen LogP contribution < -0.4 is 9.73 Å². The fourth-order valence-electron chi connectivity index (χ4n) is 4.23. The van der Waals surface area contributed by atoms with Gasteiger partial charge >= 0.3 is 0 Å². The highest BCUT2D eigenvalue weighted by atomic mass is 79.9. The molecule has 0 saturated carbocycles. The number of hydrazone groups is 1. The minimum Gasteiger partial charge on any atom is -0.318 e. The molecule has 3 aromatic carbocycles. The van der Waals surface area contributed by atoms with Gasteiger partial charge in [0.15, 0.2) is 0 Å². The van der Waals surface area contributed by atoms with Gasteiger partial charge in [-0.05, 0) is 87.9 Å². The summed E-state index contributed by atoms with van der Waals surface area (Å²) < 4.78 is 31.4. The van der Waals surface area contributed by atoms with Gasteiger partial charge < -0.3 is 4.57 Å². The second-order valence-electron chi connectivity index (χ2n) is 9.19. The summed E-state index contributed by atoms with van der Waals surface area (Å²) in [7, 11) is -4.07. The Balaban J connectivity index is 1.58. The van der Waals surface area contributed by atoms with Crippen LogP contribution in [0.1, 0.15) is 28.1 Å². The number of rotatable bonds is 8. The fraction of sp³-hybridized carbons (Fsp3) is 0.172. The van der Waals surface area contributed by atoms with E-state index in [1.165, 1.54) is 18.2 Å². The van der Waals surface area contributed by atoms with Crippen LogP contribution in [0.4, 0.5) is 5.69 Å². The predicted molar refractivity (Wildman–Crippen MR) is 161 cm³/mol. The molecule has 4 rings (SSSR count). The molecule has 0 bridgehead atoms. The summed E-state index contributed by atoms with van der Waals surface area (Å²) in [4.78, 5) is 13.1. The first kappa shape index (κ1) is 28.6. The summed E-state index contributed by atoms with van der Waals surface area (Å²) in [5.41, 5.74) is 8.17. The summed E-state index contributed by atoms with van der Waals surface area (Å²) in [6.07, 6.45) is 1.55. The van der Waals surface area contributed by atoms with Gasteiger partial charge in [-0.25, -0.2) is 13.8 Å². The number of aryl methyl sites for hydroxylation is 3. The molecular weight excluding hydrogens is 600 g/mol. The summed E-state index contributed by atoms with van der Waals surface area (Å²) in [5, 5.41) is 4.49. The molecule has 0 saturated heterocycles. The van der Waals surface area contributed by atoms with Crippen molar-refractivity contribution in [3.63, 3.8) is 0 Å². The zero-order valence-corrected chi connectivity index (χ0v) is 25.1. The third kappa shape index (κ3) is 6.43. The van der Waals surface area contributed by atoms with Crippen molar-refractivity contribution in [2.45, 2.75) is 32.6 Å². The quantitative estimate of drug-likeness (QED) is 0.180. The van der Waals surface area contributed by atoms with E-state index in [1.807, 2.05) is 51.1 Å². The second-order valence-corrected chi connectivity index (χ2v) is 12.4. The molecule has 0 aliphatic rings. The summed E-state index contributed by atoms with van der Waals surface area (Å²) in [6.45, 7) is 7.12. The molecule has 0 aliphatic carbocycles. The van der Waals surface area contributed by atoms with E-state index in [4.69, 9.17) is 11.6 Å². The Kier molecular flexibility index (Phi) is 8.64. The van der Waals surface area contributed by atoms with E-state index in [2.05, 4.69) is 31.0 Å². The van der Waals surface area contributed by atoms with Gasteiger partial charge in [0.2, 0.25) is 0 Å². The Labute approximate surface area is 242 Å². The Morgan fingerprint density at radius 3 is 2.33 bits per heavy atom. The Morgan fingerprint density at radius 1 is 1.00 bits per heavy atom. The highest BCUT2D eigenvalue weighted by Gasteiger charge is 2.28. The Hall–Kier alpha value is -3.40. The SMILES string of the molecule is Cc1ccc(S(=O)(=O)N(CC(=O)N/N=C\c2cc(C)n(-c3ccc(Br)cc3)c2C)c2cc(Cl)ccc2C)cc1. The molecule has 1 amide bonds. The van der Waals surface area contributed by atoms with E-state index < -0.39 is 22.5 Å². The molecule has 0 fully saturated rings. The molecule has 0 spiro atoms. The lowest BCUT2D eigenvalue weighted by molar-refractivity contribution is -0.119. The van der Waals surface area contributed by atoms with Gasteiger partial charge in [-0.1, -0.05) is 51.3 Å². The number of anilines is 1. The van der Waals surface area contributed by atoms with Crippen molar-refractivity contribution in [3.05, 3.63) is 110 Å². The molecule has 0 radical (unpaired) electrons. The second kappa shape index (κ2) is 11.8. The number of hydrogen-bond donors (Lipinski definition) is 1. The van der Waals surface area contributed by atoms with Crippen molar-refractivity contribution >= 4 is 55.4 Å². The topological polar surface area (TPSA) is 83.8 Å². The van der Waals surface area contributed by atoms with E-state index in [1.54, 1.807) is 37.4 Å². The first-order chi connectivity index (χ1) is 18.5. The molecule has 4 aromatic rings. The first-order valence-electron chi connectivity index (χ1n) is 12.1. The van der Waals surface area contributed by atoms with Crippen LogP contribution in [0.5, 0.6) is 0 Å². The van der Waals surface area contributed by atoms with E-state index in [0.29, 0.717) is 16.3 Å². The third-order valence-electron chi connectivity index (χ3n) is 6.28. The van der Waals surface area contributed by atoms with Crippen molar-refractivity contribution in [2.24, 2.45) is 5.10 Å². The number of sulfonamides is 1. The molecule has 1 aromatic heterocycles. The number of hydrogen-bond acceptors (Lipinski definition) is 4. The average molecular weight is 628 g/mol. The normalized spacial score (nSPS) is 11.6. The highest BCUT2D eigenvalue weighted by molar-refractivity contribution is 9.10. The van der Waals surface area contributed by atoms with Gasteiger partial charge in [-0.3, -0.25) is 9.10 Å².